The summed E-state index contributed by atoms with van der Waals surface area (Å²) in [5.74, 6) is -2.14. The van der Waals surface area contributed by atoms with Gasteiger partial charge in [0.25, 0.3) is 0 Å². The molecule has 4 nitrogen and oxygen atoms in total. The number of hydrogen-bond acceptors (Lipinski definition) is 4. The van der Waals surface area contributed by atoms with Gasteiger partial charge in [-0.3, -0.25) is 14.6 Å². The number of hydrogen-bond donors (Lipinski definition) is 1. The number of Topliss-reactive ketones (excluding diaryl/α,β-unsaturated/α-hetero) is 1. The lowest BCUT2D eigenvalue weighted by atomic mass is 10.1. The number of β-amino-alcohol motifs (C(OH)–C–C–N with tert-alkyl or cyclic N) is 1. The Morgan fingerprint density at radius 3 is 2.52 bits per heavy atom. The summed E-state index contributed by atoms with van der Waals surface area (Å²) >= 11 is 0. The second-order valence-corrected chi connectivity index (χ2v) is 5.25. The Kier molecular flexibility index (Phi) is 5.78. The monoisotopic (exact) mass is 298 g/mol. The molecule has 2 rings (SSSR count). The molecule has 1 N–H and O–H groups in total. The number of rotatable bonds is 5. The standard InChI is InChI=1S/C15H20F2N2O2/c16-13-3-2-12(10-14(13)17)15(21)11-19-5-1-4-18(6-7-19)8-9-20/h2-3,10,20H,1,4-9,11H2. The van der Waals surface area contributed by atoms with E-state index in [1.165, 1.54) is 6.07 Å². The Morgan fingerprint density at radius 1 is 1.10 bits per heavy atom. The Bertz CT molecular complexity index is 497. The second-order valence-electron chi connectivity index (χ2n) is 5.25. The van der Waals surface area contributed by atoms with Crippen molar-refractivity contribution in [2.45, 2.75) is 6.42 Å². The van der Waals surface area contributed by atoms with Gasteiger partial charge in [-0.25, -0.2) is 8.78 Å². The summed E-state index contributed by atoms with van der Waals surface area (Å²) in [6.45, 7) is 4.20. The minimum absolute atomic E-state index is 0.133. The van der Waals surface area contributed by atoms with Crippen molar-refractivity contribution >= 4 is 5.78 Å². The first-order chi connectivity index (χ1) is 10.1. The van der Waals surface area contributed by atoms with Crippen molar-refractivity contribution < 1.29 is 18.7 Å². The third-order valence-electron chi connectivity index (χ3n) is 3.71. The lowest BCUT2D eigenvalue weighted by molar-refractivity contribution is 0.0931. The fourth-order valence-corrected chi connectivity index (χ4v) is 2.51. The molecule has 1 heterocycles. The van der Waals surface area contributed by atoms with E-state index in [1.807, 2.05) is 4.90 Å². The molecule has 1 aromatic carbocycles. The number of carbonyl (C=O) groups is 1. The highest BCUT2D eigenvalue weighted by Gasteiger charge is 2.18. The third kappa shape index (κ3) is 4.56. The molecular weight excluding hydrogens is 278 g/mol. The van der Waals surface area contributed by atoms with E-state index in [1.54, 1.807) is 0 Å². The fraction of sp³-hybridized carbons (Fsp3) is 0.533. The fourth-order valence-electron chi connectivity index (χ4n) is 2.51. The molecule has 1 saturated heterocycles. The number of nitrogens with zero attached hydrogens (tertiary/aromatic N) is 2. The van der Waals surface area contributed by atoms with Crippen LogP contribution in [-0.2, 0) is 0 Å². The molecule has 0 unspecified atom stereocenters. The number of benzene rings is 1. The van der Waals surface area contributed by atoms with E-state index in [0.29, 0.717) is 6.54 Å². The highest BCUT2D eigenvalue weighted by molar-refractivity contribution is 5.97. The van der Waals surface area contributed by atoms with E-state index >= 15 is 0 Å². The van der Waals surface area contributed by atoms with E-state index < -0.39 is 11.6 Å². The summed E-state index contributed by atoms with van der Waals surface area (Å²) in [7, 11) is 0. The van der Waals surface area contributed by atoms with Crippen LogP contribution in [0.2, 0.25) is 0 Å². The number of halogens is 2. The van der Waals surface area contributed by atoms with Gasteiger partial charge in [0.1, 0.15) is 0 Å². The summed E-state index contributed by atoms with van der Waals surface area (Å²) in [4.78, 5) is 16.3. The topological polar surface area (TPSA) is 43.8 Å². The molecule has 0 radical (unpaired) electrons. The van der Waals surface area contributed by atoms with E-state index in [2.05, 4.69) is 4.90 Å². The molecule has 0 aliphatic carbocycles. The first kappa shape index (κ1) is 16.0. The maximum absolute atomic E-state index is 13.1. The van der Waals surface area contributed by atoms with Gasteiger partial charge in [0, 0.05) is 25.2 Å². The Hall–Kier alpha value is -1.37. The lowest BCUT2D eigenvalue weighted by Crippen LogP contribution is -2.35. The minimum atomic E-state index is -0.995. The third-order valence-corrected chi connectivity index (χ3v) is 3.71. The van der Waals surface area contributed by atoms with Gasteiger partial charge in [0.2, 0.25) is 0 Å². The molecule has 0 bridgehead atoms. The maximum atomic E-state index is 13.1. The summed E-state index contributed by atoms with van der Waals surface area (Å²) in [5.41, 5.74) is 0.199. The van der Waals surface area contributed by atoms with Crippen LogP contribution in [0.4, 0.5) is 8.78 Å². The first-order valence-electron chi connectivity index (χ1n) is 7.14. The van der Waals surface area contributed by atoms with Crippen LogP contribution in [0, 0.1) is 11.6 Å². The molecule has 0 saturated carbocycles. The van der Waals surface area contributed by atoms with Crippen molar-refractivity contribution in [3.63, 3.8) is 0 Å². The molecule has 1 fully saturated rings. The van der Waals surface area contributed by atoms with Crippen LogP contribution in [-0.4, -0.2) is 66.6 Å². The minimum Gasteiger partial charge on any atom is -0.395 e. The van der Waals surface area contributed by atoms with Crippen LogP contribution < -0.4 is 0 Å². The van der Waals surface area contributed by atoms with Crippen LogP contribution in [0.1, 0.15) is 16.8 Å². The maximum Gasteiger partial charge on any atom is 0.176 e. The second kappa shape index (κ2) is 7.59. The zero-order chi connectivity index (χ0) is 15.2. The Morgan fingerprint density at radius 2 is 1.81 bits per heavy atom. The zero-order valence-corrected chi connectivity index (χ0v) is 11.9. The molecule has 0 amide bonds. The number of aliphatic hydroxyl groups is 1. The van der Waals surface area contributed by atoms with Crippen LogP contribution in [0.5, 0.6) is 0 Å². The first-order valence-corrected chi connectivity index (χ1v) is 7.14. The molecule has 0 spiro atoms. The van der Waals surface area contributed by atoms with Crippen molar-refractivity contribution in [2.24, 2.45) is 0 Å². The SMILES string of the molecule is O=C(CN1CCCN(CCO)CC1)c1ccc(F)c(F)c1. The highest BCUT2D eigenvalue weighted by Crippen LogP contribution is 2.11. The van der Waals surface area contributed by atoms with Crippen LogP contribution in [0.15, 0.2) is 18.2 Å². The summed E-state index contributed by atoms with van der Waals surface area (Å²) in [6, 6.07) is 3.25. The zero-order valence-electron chi connectivity index (χ0n) is 11.9. The van der Waals surface area contributed by atoms with Crippen LogP contribution in [0.25, 0.3) is 0 Å². The Labute approximate surface area is 123 Å². The average Bonchev–Trinajstić information content (AvgIpc) is 2.68. The quantitative estimate of drug-likeness (QED) is 0.828. The molecule has 1 aliphatic rings. The smallest absolute Gasteiger partial charge is 0.176 e. The molecule has 0 aromatic heterocycles. The largest absolute Gasteiger partial charge is 0.395 e. The van der Waals surface area contributed by atoms with Crippen LogP contribution in [0.3, 0.4) is 0 Å². The predicted molar refractivity (Wildman–Crippen MR) is 75.3 cm³/mol. The Balaban J connectivity index is 1.91. The molecule has 6 heteroatoms. The van der Waals surface area contributed by atoms with E-state index in [-0.39, 0.29) is 24.5 Å². The van der Waals surface area contributed by atoms with Gasteiger partial charge in [-0.2, -0.15) is 0 Å². The van der Waals surface area contributed by atoms with E-state index in [0.717, 1.165) is 44.7 Å². The normalized spacial score (nSPS) is 17.7. The van der Waals surface area contributed by atoms with Gasteiger partial charge in [0.15, 0.2) is 17.4 Å². The van der Waals surface area contributed by atoms with Gasteiger partial charge >= 0.3 is 0 Å². The molecule has 0 atom stereocenters. The lowest BCUT2D eigenvalue weighted by Gasteiger charge is -2.20. The molecule has 116 valence electrons. The van der Waals surface area contributed by atoms with Crippen molar-refractivity contribution in [3.8, 4) is 0 Å². The average molecular weight is 298 g/mol. The van der Waals surface area contributed by atoms with Crippen molar-refractivity contribution in [2.75, 3.05) is 45.9 Å². The van der Waals surface area contributed by atoms with Crippen LogP contribution >= 0.6 is 0 Å². The van der Waals surface area contributed by atoms with Crippen molar-refractivity contribution in [1.82, 2.24) is 9.80 Å². The molecule has 1 aromatic rings. The van der Waals surface area contributed by atoms with Gasteiger partial charge < -0.3 is 5.11 Å². The molecular formula is C15H20F2N2O2. The van der Waals surface area contributed by atoms with Gasteiger partial charge in [-0.05, 0) is 37.7 Å². The molecule has 1 aliphatic heterocycles. The predicted octanol–water partition coefficient (Wildman–Crippen LogP) is 1.15. The molecule has 21 heavy (non-hydrogen) atoms. The van der Waals surface area contributed by atoms with E-state index in [4.69, 9.17) is 5.11 Å². The van der Waals surface area contributed by atoms with Gasteiger partial charge in [-0.15, -0.1) is 0 Å². The van der Waals surface area contributed by atoms with Gasteiger partial charge in [0.05, 0.1) is 13.2 Å². The number of carbonyl (C=O) groups excluding carboxylic acids is 1. The van der Waals surface area contributed by atoms with Crippen molar-refractivity contribution in [1.29, 1.82) is 0 Å². The highest BCUT2D eigenvalue weighted by atomic mass is 19.2. The number of aliphatic hydroxyl groups excluding tert-OH is 1. The van der Waals surface area contributed by atoms with E-state index in [9.17, 15) is 13.6 Å². The van der Waals surface area contributed by atoms with Gasteiger partial charge in [-0.1, -0.05) is 0 Å². The number of ketones is 1. The van der Waals surface area contributed by atoms with Crippen molar-refractivity contribution in [3.05, 3.63) is 35.4 Å². The summed E-state index contributed by atoms with van der Waals surface area (Å²) < 4.78 is 26.0. The summed E-state index contributed by atoms with van der Waals surface area (Å²) in [5, 5.41) is 8.94. The summed E-state index contributed by atoms with van der Waals surface area (Å²) in [6.07, 6.45) is 0.922.